The molecule has 1 saturated carbocycles. The van der Waals surface area contributed by atoms with E-state index in [0.717, 1.165) is 24.8 Å². The number of imidazole rings is 1. The highest BCUT2D eigenvalue weighted by molar-refractivity contribution is 9.10. The predicted molar refractivity (Wildman–Crippen MR) is 126 cm³/mol. The fraction of sp³-hybridized carbons (Fsp3) is 0.500. The van der Waals surface area contributed by atoms with Crippen molar-refractivity contribution in [2.75, 3.05) is 5.32 Å². The summed E-state index contributed by atoms with van der Waals surface area (Å²) in [6, 6.07) is 4.97. The molecule has 3 N–H and O–H groups in total. The molecule has 1 aliphatic rings. The standard InChI is InChI=1S/C22H28BrN5O4/c1-3-26-19-18(20(31)27(4-2)22(26)32)28(12-13-9-10-16(29)14(23)11-13)21(25-19)24-15-7-5-6-8-17(15)30/h9-11,15,17,29-30H,3-8,12H2,1-2H3,(H,24,25)/t15-,17+/m1/s1. The number of aryl methyl sites for hydroxylation is 1. The first-order valence-corrected chi connectivity index (χ1v) is 11.8. The van der Waals surface area contributed by atoms with Gasteiger partial charge in [-0.2, -0.15) is 4.98 Å². The van der Waals surface area contributed by atoms with Gasteiger partial charge in [0.15, 0.2) is 11.2 Å². The van der Waals surface area contributed by atoms with Gasteiger partial charge in [0.1, 0.15) is 5.75 Å². The first-order valence-electron chi connectivity index (χ1n) is 11.0. The van der Waals surface area contributed by atoms with Crippen molar-refractivity contribution in [3.63, 3.8) is 0 Å². The van der Waals surface area contributed by atoms with Crippen LogP contribution in [0.3, 0.4) is 0 Å². The van der Waals surface area contributed by atoms with Crippen LogP contribution in [0.5, 0.6) is 5.75 Å². The van der Waals surface area contributed by atoms with Gasteiger partial charge in [0.25, 0.3) is 5.56 Å². The first kappa shape index (κ1) is 22.6. The monoisotopic (exact) mass is 505 g/mol. The summed E-state index contributed by atoms with van der Waals surface area (Å²) in [5.41, 5.74) is 0.745. The molecule has 1 aliphatic carbocycles. The Morgan fingerprint density at radius 2 is 1.84 bits per heavy atom. The summed E-state index contributed by atoms with van der Waals surface area (Å²) >= 11 is 3.34. The van der Waals surface area contributed by atoms with E-state index in [0.29, 0.717) is 41.1 Å². The minimum absolute atomic E-state index is 0.126. The van der Waals surface area contributed by atoms with Gasteiger partial charge >= 0.3 is 5.69 Å². The van der Waals surface area contributed by atoms with E-state index >= 15 is 0 Å². The van der Waals surface area contributed by atoms with Crippen LogP contribution < -0.4 is 16.6 Å². The topological polar surface area (TPSA) is 114 Å². The molecule has 10 heteroatoms. The van der Waals surface area contributed by atoms with Crippen molar-refractivity contribution < 1.29 is 10.2 Å². The highest BCUT2D eigenvalue weighted by Gasteiger charge is 2.27. The molecule has 1 aromatic carbocycles. The molecule has 0 bridgehead atoms. The van der Waals surface area contributed by atoms with Crippen LogP contribution in [0.2, 0.25) is 0 Å². The summed E-state index contributed by atoms with van der Waals surface area (Å²) in [4.78, 5) is 30.8. The van der Waals surface area contributed by atoms with E-state index in [1.807, 2.05) is 6.92 Å². The second kappa shape index (κ2) is 9.11. The molecule has 0 spiro atoms. The third-order valence-electron chi connectivity index (χ3n) is 6.14. The lowest BCUT2D eigenvalue weighted by Crippen LogP contribution is -2.40. The summed E-state index contributed by atoms with van der Waals surface area (Å²) in [6.45, 7) is 4.56. The van der Waals surface area contributed by atoms with Crippen molar-refractivity contribution in [3.8, 4) is 5.75 Å². The number of nitrogens with one attached hydrogen (secondary N) is 1. The van der Waals surface area contributed by atoms with Gasteiger partial charge in [-0.15, -0.1) is 0 Å². The average molecular weight is 506 g/mol. The Bertz CT molecular complexity index is 1260. The van der Waals surface area contributed by atoms with Gasteiger partial charge in [-0.25, -0.2) is 4.79 Å². The number of rotatable bonds is 6. The molecule has 0 saturated heterocycles. The number of hydrogen-bond donors (Lipinski definition) is 3. The highest BCUT2D eigenvalue weighted by atomic mass is 79.9. The van der Waals surface area contributed by atoms with Gasteiger partial charge in [0, 0.05) is 13.1 Å². The van der Waals surface area contributed by atoms with Crippen LogP contribution in [-0.2, 0) is 19.6 Å². The molecule has 2 atom stereocenters. The van der Waals surface area contributed by atoms with Crippen LogP contribution in [0, 0.1) is 0 Å². The van der Waals surface area contributed by atoms with Gasteiger partial charge in [-0.1, -0.05) is 18.9 Å². The van der Waals surface area contributed by atoms with E-state index in [9.17, 15) is 19.8 Å². The van der Waals surface area contributed by atoms with E-state index in [1.165, 1.54) is 9.13 Å². The normalized spacial score (nSPS) is 18.9. The fourth-order valence-electron chi connectivity index (χ4n) is 4.40. The minimum atomic E-state index is -0.500. The van der Waals surface area contributed by atoms with Crippen LogP contribution in [0.4, 0.5) is 5.95 Å². The van der Waals surface area contributed by atoms with E-state index in [-0.39, 0.29) is 29.6 Å². The van der Waals surface area contributed by atoms with E-state index in [2.05, 4.69) is 26.2 Å². The highest BCUT2D eigenvalue weighted by Crippen LogP contribution is 2.27. The number of phenols is 1. The summed E-state index contributed by atoms with van der Waals surface area (Å²) in [7, 11) is 0. The van der Waals surface area contributed by atoms with Crippen molar-refractivity contribution in [1.29, 1.82) is 0 Å². The van der Waals surface area contributed by atoms with E-state index in [4.69, 9.17) is 0 Å². The third-order valence-corrected chi connectivity index (χ3v) is 6.78. The molecule has 9 nitrogen and oxygen atoms in total. The SMILES string of the molecule is CCn1c(=O)c2c(nc(N[C@@H]3CCCC[C@@H]3O)n2Cc2ccc(O)c(Br)c2)n(CC)c1=O. The van der Waals surface area contributed by atoms with Gasteiger partial charge in [-0.05, 0) is 60.3 Å². The maximum Gasteiger partial charge on any atom is 0.332 e. The first-order chi connectivity index (χ1) is 15.3. The van der Waals surface area contributed by atoms with Crippen LogP contribution in [0.15, 0.2) is 32.3 Å². The van der Waals surface area contributed by atoms with Crippen molar-refractivity contribution in [3.05, 3.63) is 49.1 Å². The molecule has 0 aliphatic heterocycles. The van der Waals surface area contributed by atoms with Gasteiger partial charge in [-0.3, -0.25) is 18.5 Å². The van der Waals surface area contributed by atoms with E-state index < -0.39 is 6.10 Å². The Morgan fingerprint density at radius 1 is 1.12 bits per heavy atom. The summed E-state index contributed by atoms with van der Waals surface area (Å²) in [5.74, 6) is 0.573. The molecule has 0 unspecified atom stereocenters. The predicted octanol–water partition coefficient (Wildman–Crippen LogP) is 2.63. The Kier molecular flexibility index (Phi) is 6.43. The quantitative estimate of drug-likeness (QED) is 0.474. The number of phenolic OH excluding ortho intramolecular Hbond substituents is 1. The molecular formula is C22H28BrN5O4. The molecule has 2 heterocycles. The van der Waals surface area contributed by atoms with Gasteiger partial charge in [0.05, 0.1) is 23.2 Å². The zero-order chi connectivity index (χ0) is 23.0. The number of anilines is 1. The number of aromatic hydroxyl groups is 1. The second-order valence-electron chi connectivity index (χ2n) is 8.16. The van der Waals surface area contributed by atoms with Crippen LogP contribution in [0.25, 0.3) is 11.2 Å². The maximum atomic E-state index is 13.3. The number of aromatic nitrogens is 4. The number of benzene rings is 1. The summed E-state index contributed by atoms with van der Waals surface area (Å²) in [5, 5.41) is 23.7. The Balaban J connectivity index is 1.93. The van der Waals surface area contributed by atoms with Crippen LogP contribution in [-0.4, -0.2) is 41.0 Å². The molecule has 3 aromatic rings. The lowest BCUT2D eigenvalue weighted by atomic mass is 9.93. The second-order valence-corrected chi connectivity index (χ2v) is 9.01. The van der Waals surface area contributed by atoms with Gasteiger partial charge in [0.2, 0.25) is 5.95 Å². The van der Waals surface area contributed by atoms with Crippen molar-refractivity contribution >= 4 is 33.0 Å². The number of fused-ring (bicyclic) bond motifs is 1. The Hall–Kier alpha value is -2.59. The van der Waals surface area contributed by atoms with Crippen molar-refractivity contribution in [2.45, 2.75) is 71.3 Å². The average Bonchev–Trinajstić information content (AvgIpc) is 3.11. The Labute approximate surface area is 193 Å². The summed E-state index contributed by atoms with van der Waals surface area (Å²) in [6.07, 6.45) is 3.00. The lowest BCUT2D eigenvalue weighted by Gasteiger charge is -2.28. The molecule has 0 radical (unpaired) electrons. The molecular weight excluding hydrogens is 478 g/mol. The third kappa shape index (κ3) is 3.97. The van der Waals surface area contributed by atoms with Gasteiger partial charge < -0.3 is 15.5 Å². The number of nitrogens with zero attached hydrogens (tertiary/aromatic N) is 4. The molecule has 0 amide bonds. The number of hydrogen-bond acceptors (Lipinski definition) is 6. The number of aliphatic hydroxyl groups is 1. The molecule has 2 aromatic heterocycles. The van der Waals surface area contributed by atoms with Crippen molar-refractivity contribution in [2.24, 2.45) is 0 Å². The maximum absolute atomic E-state index is 13.3. The summed E-state index contributed by atoms with van der Waals surface area (Å²) < 4.78 is 5.05. The van der Waals surface area contributed by atoms with E-state index in [1.54, 1.807) is 29.7 Å². The Morgan fingerprint density at radius 3 is 2.50 bits per heavy atom. The molecule has 1 fully saturated rings. The number of halogens is 1. The smallest absolute Gasteiger partial charge is 0.332 e. The zero-order valence-electron chi connectivity index (χ0n) is 18.2. The zero-order valence-corrected chi connectivity index (χ0v) is 19.8. The largest absolute Gasteiger partial charge is 0.507 e. The fourth-order valence-corrected chi connectivity index (χ4v) is 4.82. The lowest BCUT2D eigenvalue weighted by molar-refractivity contribution is 0.116. The number of aliphatic hydroxyl groups excluding tert-OH is 1. The molecule has 4 rings (SSSR count). The molecule has 172 valence electrons. The van der Waals surface area contributed by atoms with Crippen LogP contribution in [0.1, 0.15) is 45.1 Å². The van der Waals surface area contributed by atoms with Crippen LogP contribution >= 0.6 is 15.9 Å². The molecule has 32 heavy (non-hydrogen) atoms. The van der Waals surface area contributed by atoms with Crippen molar-refractivity contribution in [1.82, 2.24) is 18.7 Å². The minimum Gasteiger partial charge on any atom is -0.507 e.